The molecule has 0 aliphatic carbocycles. The van der Waals surface area contributed by atoms with E-state index in [1.54, 1.807) is 6.08 Å². The summed E-state index contributed by atoms with van der Waals surface area (Å²) in [7, 11) is 0. The number of allylic oxidation sites excluding steroid dienone is 3. The summed E-state index contributed by atoms with van der Waals surface area (Å²) < 4.78 is 5.43. The molecule has 1 amide bonds. The van der Waals surface area contributed by atoms with Crippen molar-refractivity contribution in [3.63, 3.8) is 0 Å². The number of hydrogen-bond acceptors (Lipinski definition) is 5. The van der Waals surface area contributed by atoms with E-state index < -0.39 is 12.1 Å². The zero-order valence-electron chi connectivity index (χ0n) is 38.8. The summed E-state index contributed by atoms with van der Waals surface area (Å²) in [6, 6.07) is -0.652. The first-order chi connectivity index (χ1) is 28.5. The molecule has 0 fully saturated rings. The largest absolute Gasteiger partial charge is 0.466 e. The number of ether oxygens (including phenoxy) is 1. The Kier molecular flexibility index (Phi) is 46.6. The van der Waals surface area contributed by atoms with Gasteiger partial charge in [-0.3, -0.25) is 9.59 Å². The van der Waals surface area contributed by atoms with Crippen LogP contribution in [0.5, 0.6) is 0 Å². The van der Waals surface area contributed by atoms with Crippen LogP contribution in [0.25, 0.3) is 0 Å². The summed E-state index contributed by atoms with van der Waals surface area (Å²) in [4.78, 5) is 24.4. The Bertz CT molecular complexity index is 904. The van der Waals surface area contributed by atoms with E-state index in [1.165, 1.54) is 167 Å². The third-order valence-electron chi connectivity index (χ3n) is 11.7. The van der Waals surface area contributed by atoms with Crippen LogP contribution in [0, 0.1) is 0 Å². The third kappa shape index (κ3) is 43.9. The topological polar surface area (TPSA) is 95.9 Å². The Labute approximate surface area is 361 Å². The van der Waals surface area contributed by atoms with Crippen molar-refractivity contribution in [2.45, 2.75) is 283 Å². The molecule has 0 heterocycles. The van der Waals surface area contributed by atoms with Crippen LogP contribution in [0.4, 0.5) is 0 Å². The number of aliphatic hydroxyl groups excluding tert-OH is 2. The van der Waals surface area contributed by atoms with Crippen molar-refractivity contribution in [3.8, 4) is 0 Å². The highest BCUT2D eigenvalue weighted by Gasteiger charge is 2.18. The molecule has 0 aromatic carbocycles. The maximum atomic E-state index is 12.4. The van der Waals surface area contributed by atoms with E-state index in [4.69, 9.17) is 4.74 Å². The zero-order valence-corrected chi connectivity index (χ0v) is 38.8. The summed E-state index contributed by atoms with van der Waals surface area (Å²) >= 11 is 0. The number of nitrogens with one attached hydrogen (secondary N) is 1. The zero-order chi connectivity index (χ0) is 42.3. The molecule has 58 heavy (non-hydrogen) atoms. The van der Waals surface area contributed by atoms with Crippen LogP contribution in [0.2, 0.25) is 0 Å². The molecule has 6 nitrogen and oxygen atoms in total. The number of aliphatic hydroxyl groups is 2. The van der Waals surface area contributed by atoms with Crippen molar-refractivity contribution in [2.24, 2.45) is 0 Å². The van der Waals surface area contributed by atoms with E-state index in [1.807, 2.05) is 6.08 Å². The number of carbonyl (C=O) groups excluding carboxylic acids is 2. The van der Waals surface area contributed by atoms with E-state index in [-0.39, 0.29) is 18.5 Å². The van der Waals surface area contributed by atoms with Crippen molar-refractivity contribution in [1.29, 1.82) is 0 Å². The SMILES string of the molecule is CCCCCCCCCCCCCCCC/C=C/C(O)C(CO)NC(=O)CCCCCC/C=C\CCCCOC(=O)CCCCCCCCCCCCCCCCC. The smallest absolute Gasteiger partial charge is 0.305 e. The van der Waals surface area contributed by atoms with E-state index in [0.717, 1.165) is 77.0 Å². The lowest BCUT2D eigenvalue weighted by atomic mass is 10.0. The van der Waals surface area contributed by atoms with Crippen molar-refractivity contribution in [1.82, 2.24) is 5.32 Å². The fraction of sp³-hybridized carbons (Fsp3) is 0.885. The Morgan fingerprint density at radius 2 is 0.810 bits per heavy atom. The highest BCUT2D eigenvalue weighted by Crippen LogP contribution is 2.16. The Hall–Kier alpha value is -1.66. The number of unbranched alkanes of at least 4 members (excludes halogenated alkanes) is 34. The minimum absolute atomic E-state index is 0.0357. The summed E-state index contributed by atoms with van der Waals surface area (Å²) in [5, 5.41) is 23.0. The molecule has 0 aliphatic heterocycles. The quantitative estimate of drug-likeness (QED) is 0.0323. The molecule has 0 aromatic heterocycles. The molecule has 0 bridgehead atoms. The van der Waals surface area contributed by atoms with Crippen LogP contribution >= 0.6 is 0 Å². The lowest BCUT2D eigenvalue weighted by Crippen LogP contribution is -2.45. The molecular formula is C52H99NO5. The predicted octanol–water partition coefficient (Wildman–Crippen LogP) is 15.1. The molecule has 0 aliphatic rings. The molecule has 6 heteroatoms. The minimum atomic E-state index is -0.865. The van der Waals surface area contributed by atoms with Gasteiger partial charge in [0.1, 0.15) is 0 Å². The summed E-state index contributed by atoms with van der Waals surface area (Å²) in [5.74, 6) is -0.138. The molecule has 0 saturated carbocycles. The number of esters is 1. The number of rotatable bonds is 47. The van der Waals surface area contributed by atoms with E-state index >= 15 is 0 Å². The molecule has 2 atom stereocenters. The molecule has 0 rings (SSSR count). The lowest BCUT2D eigenvalue weighted by Gasteiger charge is -2.20. The van der Waals surface area contributed by atoms with Gasteiger partial charge < -0.3 is 20.3 Å². The first-order valence-corrected chi connectivity index (χ1v) is 25.6. The molecule has 2 unspecified atom stereocenters. The second-order valence-electron chi connectivity index (χ2n) is 17.5. The van der Waals surface area contributed by atoms with Crippen molar-refractivity contribution in [3.05, 3.63) is 24.3 Å². The van der Waals surface area contributed by atoms with Gasteiger partial charge in [-0.1, -0.05) is 224 Å². The van der Waals surface area contributed by atoms with Gasteiger partial charge in [-0.25, -0.2) is 0 Å². The Balaban J connectivity index is 3.55. The van der Waals surface area contributed by atoms with Crippen molar-refractivity contribution >= 4 is 11.9 Å². The van der Waals surface area contributed by atoms with Crippen molar-refractivity contribution in [2.75, 3.05) is 13.2 Å². The van der Waals surface area contributed by atoms with Gasteiger partial charge in [0.2, 0.25) is 5.91 Å². The number of carbonyl (C=O) groups is 2. The predicted molar refractivity (Wildman–Crippen MR) is 250 cm³/mol. The molecule has 3 N–H and O–H groups in total. The molecule has 342 valence electrons. The first-order valence-electron chi connectivity index (χ1n) is 25.6. The van der Waals surface area contributed by atoms with Gasteiger partial charge in [0, 0.05) is 12.8 Å². The van der Waals surface area contributed by atoms with Gasteiger partial charge in [-0.15, -0.1) is 0 Å². The number of hydrogen-bond donors (Lipinski definition) is 3. The molecule has 0 spiro atoms. The molecular weight excluding hydrogens is 719 g/mol. The van der Waals surface area contributed by atoms with Gasteiger partial charge in [-0.05, 0) is 57.8 Å². The van der Waals surface area contributed by atoms with Gasteiger partial charge in [0.25, 0.3) is 0 Å². The van der Waals surface area contributed by atoms with E-state index in [2.05, 4.69) is 31.3 Å². The minimum Gasteiger partial charge on any atom is -0.466 e. The maximum absolute atomic E-state index is 12.4. The van der Waals surface area contributed by atoms with Crippen LogP contribution in [-0.4, -0.2) is 47.4 Å². The maximum Gasteiger partial charge on any atom is 0.305 e. The lowest BCUT2D eigenvalue weighted by molar-refractivity contribution is -0.143. The Morgan fingerprint density at radius 1 is 0.466 bits per heavy atom. The first kappa shape index (κ1) is 56.3. The van der Waals surface area contributed by atoms with E-state index in [9.17, 15) is 19.8 Å². The standard InChI is InChI=1S/C52H99NO5/c1-3-5-7-9-11-13-15-17-19-21-22-24-28-32-36-40-44-50(55)49(48-54)53-51(56)45-41-37-33-29-26-27-31-35-39-43-47-58-52(57)46-42-38-34-30-25-23-20-18-16-14-12-10-8-6-4-2/h27,31,40,44,49-50,54-55H,3-26,28-30,32-39,41-43,45-48H2,1-2H3,(H,53,56)/b31-27-,44-40+. The number of amides is 1. The van der Waals surface area contributed by atoms with Crippen LogP contribution in [0.3, 0.4) is 0 Å². The Morgan fingerprint density at radius 3 is 1.22 bits per heavy atom. The second-order valence-corrected chi connectivity index (χ2v) is 17.5. The van der Waals surface area contributed by atoms with Crippen LogP contribution in [-0.2, 0) is 14.3 Å². The molecule has 0 radical (unpaired) electrons. The van der Waals surface area contributed by atoms with Gasteiger partial charge in [0.15, 0.2) is 0 Å². The van der Waals surface area contributed by atoms with E-state index in [0.29, 0.717) is 19.4 Å². The van der Waals surface area contributed by atoms with Crippen molar-refractivity contribution < 1.29 is 24.5 Å². The summed E-state index contributed by atoms with van der Waals surface area (Å²) in [6.07, 6.45) is 56.1. The average molecular weight is 818 g/mol. The van der Waals surface area contributed by atoms with Gasteiger partial charge in [0.05, 0.1) is 25.4 Å². The summed E-state index contributed by atoms with van der Waals surface area (Å²) in [6.45, 7) is 4.82. The van der Waals surface area contributed by atoms with Crippen LogP contribution in [0.1, 0.15) is 271 Å². The second kappa shape index (κ2) is 48.0. The molecule has 0 saturated heterocycles. The van der Waals surface area contributed by atoms with Crippen LogP contribution < -0.4 is 5.32 Å². The third-order valence-corrected chi connectivity index (χ3v) is 11.7. The summed E-state index contributed by atoms with van der Waals surface area (Å²) in [5.41, 5.74) is 0. The fourth-order valence-electron chi connectivity index (χ4n) is 7.74. The fourth-order valence-corrected chi connectivity index (χ4v) is 7.74. The van der Waals surface area contributed by atoms with Gasteiger partial charge >= 0.3 is 5.97 Å². The highest BCUT2D eigenvalue weighted by atomic mass is 16.5. The van der Waals surface area contributed by atoms with Crippen LogP contribution in [0.15, 0.2) is 24.3 Å². The van der Waals surface area contributed by atoms with Gasteiger partial charge in [-0.2, -0.15) is 0 Å². The normalized spacial score (nSPS) is 12.8. The average Bonchev–Trinajstić information content (AvgIpc) is 3.22. The monoisotopic (exact) mass is 818 g/mol. The highest BCUT2D eigenvalue weighted by molar-refractivity contribution is 5.76. The molecule has 0 aromatic rings.